The molecule has 7 heteroatoms. The molecule has 0 amide bonds. The molecule has 0 fully saturated rings. The van der Waals surface area contributed by atoms with E-state index in [-0.39, 0.29) is 16.2 Å². The zero-order chi connectivity index (χ0) is 15.3. The van der Waals surface area contributed by atoms with Gasteiger partial charge in [0.1, 0.15) is 10.5 Å². The molecule has 0 saturated carbocycles. The van der Waals surface area contributed by atoms with Gasteiger partial charge in [0, 0.05) is 5.56 Å². The number of fused-ring (bicyclic) bond motifs is 1. The van der Waals surface area contributed by atoms with Gasteiger partial charge in [0.05, 0.1) is 17.6 Å². The summed E-state index contributed by atoms with van der Waals surface area (Å²) in [6, 6.07) is 2.81. The molecule has 0 aliphatic carbocycles. The quantitative estimate of drug-likeness (QED) is 0.482. The Morgan fingerprint density at radius 1 is 1.35 bits per heavy atom. The highest BCUT2D eigenvalue weighted by Gasteiger charge is 2.50. The van der Waals surface area contributed by atoms with E-state index in [9.17, 15) is 13.2 Å². The van der Waals surface area contributed by atoms with Crippen LogP contribution in [0.3, 0.4) is 0 Å². The highest BCUT2D eigenvalue weighted by molar-refractivity contribution is 7.94. The van der Waals surface area contributed by atoms with Crippen LogP contribution >= 0.6 is 0 Å². The number of carbonyl (C=O) groups excluding carboxylic acids is 1. The van der Waals surface area contributed by atoms with Crippen LogP contribution in [0.4, 0.5) is 0 Å². The van der Waals surface area contributed by atoms with Crippen LogP contribution in [-0.2, 0) is 14.6 Å². The van der Waals surface area contributed by atoms with E-state index in [2.05, 4.69) is 9.89 Å². The molecule has 1 aliphatic heterocycles. The molecule has 0 saturated heterocycles. The number of nitrogens with zero attached hydrogens (tertiary/aromatic N) is 1. The van der Waals surface area contributed by atoms with Gasteiger partial charge in [-0.3, -0.25) is 0 Å². The number of rotatable bonds is 1. The minimum absolute atomic E-state index is 0.0127. The summed E-state index contributed by atoms with van der Waals surface area (Å²) in [5, 5.41) is 12.3. The average Bonchev–Trinajstić information content (AvgIpc) is 2.51. The van der Waals surface area contributed by atoms with Crippen molar-refractivity contribution in [3.63, 3.8) is 0 Å². The summed E-state index contributed by atoms with van der Waals surface area (Å²) in [6.45, 7) is 4.59. The molecule has 0 unspecified atom stereocenters. The maximum atomic E-state index is 12.5. The highest BCUT2D eigenvalue weighted by Crippen LogP contribution is 2.40. The van der Waals surface area contributed by atoms with Crippen molar-refractivity contribution in [1.82, 2.24) is 0 Å². The standard InChI is InChI=1S/C13H15NO5S/c1-7-5-9-10(6-8(7)12(15)19-4)20(17,18)13(2,3)11(9)14-16/h5-6,16H,1-4H3. The van der Waals surface area contributed by atoms with Gasteiger partial charge in [0.15, 0.2) is 9.84 Å². The molecule has 0 radical (unpaired) electrons. The lowest BCUT2D eigenvalue weighted by atomic mass is 9.96. The molecule has 6 nitrogen and oxygen atoms in total. The van der Waals surface area contributed by atoms with Gasteiger partial charge in [0.25, 0.3) is 0 Å². The molecule has 0 spiro atoms. The van der Waals surface area contributed by atoms with Crippen molar-refractivity contribution in [1.29, 1.82) is 0 Å². The molecule has 1 heterocycles. The minimum atomic E-state index is -3.72. The first-order chi connectivity index (χ1) is 9.18. The first-order valence-electron chi connectivity index (χ1n) is 5.89. The third-order valence-corrected chi connectivity index (χ3v) is 6.07. The number of esters is 1. The Balaban J connectivity index is 2.85. The number of aryl methyl sites for hydroxylation is 1. The van der Waals surface area contributed by atoms with Crippen molar-refractivity contribution >= 4 is 21.5 Å². The normalized spacial score (nSPS) is 20.7. The Kier molecular flexibility index (Phi) is 3.13. The van der Waals surface area contributed by atoms with Crippen molar-refractivity contribution in [2.45, 2.75) is 30.4 Å². The Labute approximate surface area is 117 Å². The van der Waals surface area contributed by atoms with Crippen LogP contribution < -0.4 is 0 Å². The van der Waals surface area contributed by atoms with Crippen LogP contribution in [0.2, 0.25) is 0 Å². The average molecular weight is 297 g/mol. The molecule has 2 rings (SSSR count). The van der Waals surface area contributed by atoms with E-state index in [1.165, 1.54) is 33.1 Å². The summed E-state index contributed by atoms with van der Waals surface area (Å²) in [5.41, 5.74) is 1.14. The molecule has 1 N–H and O–H groups in total. The van der Waals surface area contributed by atoms with E-state index in [0.29, 0.717) is 11.1 Å². The van der Waals surface area contributed by atoms with E-state index in [4.69, 9.17) is 5.21 Å². The SMILES string of the molecule is COC(=O)c1cc2c(cc1C)C(=NO)C(C)(C)S2(=O)=O. The van der Waals surface area contributed by atoms with Crippen LogP contribution in [0.15, 0.2) is 22.2 Å². The second kappa shape index (κ2) is 4.31. The summed E-state index contributed by atoms with van der Waals surface area (Å²) >= 11 is 0. The lowest BCUT2D eigenvalue weighted by molar-refractivity contribution is 0.0599. The smallest absolute Gasteiger partial charge is 0.338 e. The Morgan fingerprint density at radius 2 is 1.95 bits per heavy atom. The third kappa shape index (κ3) is 1.66. The summed E-state index contributed by atoms with van der Waals surface area (Å²) in [6.07, 6.45) is 0. The first-order valence-corrected chi connectivity index (χ1v) is 7.37. The number of ether oxygens (including phenoxy) is 1. The van der Waals surface area contributed by atoms with Crippen molar-refractivity contribution in [3.8, 4) is 0 Å². The van der Waals surface area contributed by atoms with Gasteiger partial charge in [-0.15, -0.1) is 0 Å². The van der Waals surface area contributed by atoms with Crippen molar-refractivity contribution in [2.75, 3.05) is 7.11 Å². The van der Waals surface area contributed by atoms with Gasteiger partial charge < -0.3 is 9.94 Å². The zero-order valence-corrected chi connectivity index (χ0v) is 12.4. The molecule has 1 aliphatic rings. The van der Waals surface area contributed by atoms with Crippen molar-refractivity contribution in [3.05, 3.63) is 28.8 Å². The zero-order valence-electron chi connectivity index (χ0n) is 11.6. The minimum Gasteiger partial charge on any atom is -0.465 e. The van der Waals surface area contributed by atoms with E-state index >= 15 is 0 Å². The molecule has 0 bridgehead atoms. The lowest BCUT2D eigenvalue weighted by Crippen LogP contribution is -2.34. The van der Waals surface area contributed by atoms with Crippen LogP contribution in [0.1, 0.15) is 35.3 Å². The molecular formula is C13H15NO5S. The van der Waals surface area contributed by atoms with Crippen molar-refractivity contribution < 1.29 is 23.2 Å². The molecule has 108 valence electrons. The molecule has 0 aromatic heterocycles. The Hall–Kier alpha value is -1.89. The van der Waals surface area contributed by atoms with Gasteiger partial charge in [-0.25, -0.2) is 13.2 Å². The van der Waals surface area contributed by atoms with Gasteiger partial charge >= 0.3 is 5.97 Å². The fraction of sp³-hybridized carbons (Fsp3) is 0.385. The Bertz CT molecular complexity index is 731. The summed E-state index contributed by atoms with van der Waals surface area (Å²) in [7, 11) is -2.49. The van der Waals surface area contributed by atoms with E-state index in [0.717, 1.165) is 0 Å². The summed E-state index contributed by atoms with van der Waals surface area (Å²) in [5.74, 6) is -0.604. The Morgan fingerprint density at radius 3 is 2.45 bits per heavy atom. The fourth-order valence-corrected chi connectivity index (χ4v) is 4.00. The first kappa shape index (κ1) is 14.5. The molecule has 0 atom stereocenters. The van der Waals surface area contributed by atoms with Crippen LogP contribution in [0.5, 0.6) is 0 Å². The number of oxime groups is 1. The number of carbonyl (C=O) groups is 1. The third-order valence-electron chi connectivity index (χ3n) is 3.62. The number of methoxy groups -OCH3 is 1. The predicted octanol–water partition coefficient (Wildman–Crippen LogP) is 1.53. The molecular weight excluding hydrogens is 282 g/mol. The highest BCUT2D eigenvalue weighted by atomic mass is 32.2. The second-order valence-corrected chi connectivity index (χ2v) is 7.58. The topological polar surface area (TPSA) is 93.0 Å². The monoisotopic (exact) mass is 297 g/mol. The van der Waals surface area contributed by atoms with Crippen LogP contribution in [0.25, 0.3) is 0 Å². The van der Waals surface area contributed by atoms with Crippen molar-refractivity contribution in [2.24, 2.45) is 5.16 Å². The van der Waals surface area contributed by atoms with E-state index in [1.54, 1.807) is 6.92 Å². The van der Waals surface area contributed by atoms with Gasteiger partial charge in [-0.1, -0.05) is 5.16 Å². The second-order valence-electron chi connectivity index (χ2n) is 5.12. The molecule has 1 aromatic rings. The van der Waals surface area contributed by atoms with E-state index < -0.39 is 20.6 Å². The molecule has 1 aromatic carbocycles. The van der Waals surface area contributed by atoms with Gasteiger partial charge in [-0.05, 0) is 38.5 Å². The fourth-order valence-electron chi connectivity index (χ4n) is 2.33. The largest absolute Gasteiger partial charge is 0.465 e. The maximum absolute atomic E-state index is 12.5. The van der Waals surface area contributed by atoms with Crippen LogP contribution in [0, 0.1) is 6.92 Å². The number of hydrogen-bond donors (Lipinski definition) is 1. The lowest BCUT2D eigenvalue weighted by Gasteiger charge is -2.16. The van der Waals surface area contributed by atoms with Gasteiger partial charge in [0.2, 0.25) is 0 Å². The number of hydrogen-bond acceptors (Lipinski definition) is 6. The van der Waals surface area contributed by atoms with Gasteiger partial charge in [-0.2, -0.15) is 0 Å². The predicted molar refractivity (Wildman–Crippen MR) is 72.1 cm³/mol. The van der Waals surface area contributed by atoms with E-state index in [1.807, 2.05) is 0 Å². The maximum Gasteiger partial charge on any atom is 0.338 e. The molecule has 20 heavy (non-hydrogen) atoms. The van der Waals surface area contributed by atoms with Crippen LogP contribution in [-0.4, -0.2) is 37.2 Å². The number of sulfone groups is 1. The summed E-state index contributed by atoms with van der Waals surface area (Å²) in [4.78, 5) is 11.6. The summed E-state index contributed by atoms with van der Waals surface area (Å²) < 4.78 is 28.3. The number of benzene rings is 1.